The molecule has 4 heteroatoms. The molecule has 0 fully saturated rings. The highest BCUT2D eigenvalue weighted by molar-refractivity contribution is 5.78. The first-order valence-electron chi connectivity index (χ1n) is 6.19. The van der Waals surface area contributed by atoms with E-state index in [0.717, 1.165) is 12.0 Å². The summed E-state index contributed by atoms with van der Waals surface area (Å²) in [6, 6.07) is 6.42. The van der Waals surface area contributed by atoms with E-state index in [0.29, 0.717) is 5.92 Å². The third-order valence-corrected chi connectivity index (χ3v) is 2.62. The Labute approximate surface area is 108 Å². The van der Waals surface area contributed by atoms with Crippen LogP contribution in [0.3, 0.4) is 0 Å². The van der Waals surface area contributed by atoms with Crippen molar-refractivity contribution in [3.63, 3.8) is 0 Å². The van der Waals surface area contributed by atoms with Gasteiger partial charge in [0.25, 0.3) is 0 Å². The van der Waals surface area contributed by atoms with Crippen LogP contribution in [0.4, 0.5) is 0 Å². The molecule has 0 aliphatic heterocycles. The molecular weight excluding hydrogens is 230 g/mol. The van der Waals surface area contributed by atoms with Crippen molar-refractivity contribution in [1.29, 1.82) is 0 Å². The molecule has 1 atom stereocenters. The molecule has 0 bridgehead atoms. The van der Waals surface area contributed by atoms with Crippen LogP contribution < -0.4 is 5.32 Å². The van der Waals surface area contributed by atoms with Crippen molar-refractivity contribution in [3.8, 4) is 5.75 Å². The number of carbonyl (C=O) groups is 1. The van der Waals surface area contributed by atoms with Crippen LogP contribution in [0.15, 0.2) is 24.3 Å². The van der Waals surface area contributed by atoms with Crippen LogP contribution in [0.2, 0.25) is 0 Å². The third kappa shape index (κ3) is 5.19. The van der Waals surface area contributed by atoms with Crippen LogP contribution in [0.25, 0.3) is 0 Å². The van der Waals surface area contributed by atoms with Crippen molar-refractivity contribution in [2.45, 2.75) is 32.7 Å². The second kappa shape index (κ2) is 7.01. The largest absolute Gasteiger partial charge is 0.508 e. The predicted octanol–water partition coefficient (Wildman–Crippen LogP) is 1.46. The number of carbonyl (C=O) groups excluding carboxylic acids is 1. The van der Waals surface area contributed by atoms with Gasteiger partial charge in [-0.2, -0.15) is 0 Å². The Bertz CT molecular complexity index is 390. The van der Waals surface area contributed by atoms with E-state index >= 15 is 0 Å². The summed E-state index contributed by atoms with van der Waals surface area (Å²) in [5, 5.41) is 21.3. The standard InChI is InChI=1S/C14H21NO3/c1-10(2)6-12(9-16)15-14(18)8-11-4-3-5-13(17)7-11/h3-5,7,10,12,16-17H,6,8-9H2,1-2H3,(H,15,18). The number of hydrogen-bond donors (Lipinski definition) is 3. The number of amides is 1. The minimum atomic E-state index is -0.199. The van der Waals surface area contributed by atoms with Gasteiger partial charge in [0.05, 0.1) is 19.1 Å². The van der Waals surface area contributed by atoms with E-state index in [1.54, 1.807) is 24.3 Å². The Morgan fingerprint density at radius 3 is 2.67 bits per heavy atom. The predicted molar refractivity (Wildman–Crippen MR) is 70.3 cm³/mol. The maximum atomic E-state index is 11.8. The summed E-state index contributed by atoms with van der Waals surface area (Å²) < 4.78 is 0. The van der Waals surface area contributed by atoms with Gasteiger partial charge in [-0.25, -0.2) is 0 Å². The summed E-state index contributed by atoms with van der Waals surface area (Å²) in [6.45, 7) is 4.04. The number of aliphatic hydroxyl groups is 1. The maximum absolute atomic E-state index is 11.8. The molecule has 0 aromatic heterocycles. The van der Waals surface area contributed by atoms with Crippen LogP contribution in [0, 0.1) is 5.92 Å². The molecule has 1 aromatic rings. The number of nitrogens with one attached hydrogen (secondary N) is 1. The first-order valence-corrected chi connectivity index (χ1v) is 6.19. The van der Waals surface area contributed by atoms with Crippen molar-refractivity contribution in [2.24, 2.45) is 5.92 Å². The molecule has 1 aromatic carbocycles. The first-order chi connectivity index (χ1) is 8.51. The summed E-state index contributed by atoms with van der Waals surface area (Å²) in [4.78, 5) is 11.8. The summed E-state index contributed by atoms with van der Waals surface area (Å²) in [7, 11) is 0. The fraction of sp³-hybridized carbons (Fsp3) is 0.500. The lowest BCUT2D eigenvalue weighted by molar-refractivity contribution is -0.121. The number of phenols is 1. The average Bonchev–Trinajstić information content (AvgIpc) is 2.27. The molecule has 0 aliphatic rings. The molecule has 1 amide bonds. The number of benzene rings is 1. The van der Waals surface area contributed by atoms with E-state index in [1.165, 1.54) is 0 Å². The molecule has 0 saturated carbocycles. The van der Waals surface area contributed by atoms with Crippen molar-refractivity contribution in [3.05, 3.63) is 29.8 Å². The van der Waals surface area contributed by atoms with Gasteiger partial charge in [-0.3, -0.25) is 4.79 Å². The molecule has 3 N–H and O–H groups in total. The zero-order chi connectivity index (χ0) is 13.5. The Hall–Kier alpha value is -1.55. The van der Waals surface area contributed by atoms with E-state index in [4.69, 9.17) is 0 Å². The van der Waals surface area contributed by atoms with Gasteiger partial charge in [0.1, 0.15) is 5.75 Å². The minimum Gasteiger partial charge on any atom is -0.508 e. The van der Waals surface area contributed by atoms with Crippen LogP contribution >= 0.6 is 0 Å². The van der Waals surface area contributed by atoms with Gasteiger partial charge in [0.2, 0.25) is 5.91 Å². The highest BCUT2D eigenvalue weighted by Gasteiger charge is 2.13. The Balaban J connectivity index is 2.50. The van der Waals surface area contributed by atoms with E-state index in [1.807, 2.05) is 13.8 Å². The van der Waals surface area contributed by atoms with E-state index in [-0.39, 0.29) is 30.7 Å². The number of phenolic OH excluding ortho intramolecular Hbond substituents is 1. The average molecular weight is 251 g/mol. The SMILES string of the molecule is CC(C)CC(CO)NC(=O)Cc1cccc(O)c1. The third-order valence-electron chi connectivity index (χ3n) is 2.62. The zero-order valence-corrected chi connectivity index (χ0v) is 10.9. The number of aliphatic hydroxyl groups excluding tert-OH is 1. The molecule has 0 saturated heterocycles. The number of hydrogen-bond acceptors (Lipinski definition) is 3. The Kier molecular flexibility index (Phi) is 5.65. The van der Waals surface area contributed by atoms with Crippen molar-refractivity contribution >= 4 is 5.91 Å². The second-order valence-corrected chi connectivity index (χ2v) is 4.92. The van der Waals surface area contributed by atoms with Gasteiger partial charge in [0, 0.05) is 0 Å². The smallest absolute Gasteiger partial charge is 0.224 e. The van der Waals surface area contributed by atoms with E-state index < -0.39 is 0 Å². The molecule has 0 heterocycles. The molecule has 1 rings (SSSR count). The van der Waals surface area contributed by atoms with Gasteiger partial charge in [-0.1, -0.05) is 26.0 Å². The number of rotatable bonds is 6. The summed E-state index contributed by atoms with van der Waals surface area (Å²) in [5.74, 6) is 0.435. The van der Waals surface area contributed by atoms with Gasteiger partial charge in [-0.15, -0.1) is 0 Å². The molecule has 1 unspecified atom stereocenters. The van der Waals surface area contributed by atoms with Gasteiger partial charge >= 0.3 is 0 Å². The quantitative estimate of drug-likeness (QED) is 0.717. The van der Waals surface area contributed by atoms with Crippen molar-refractivity contribution in [2.75, 3.05) is 6.61 Å². The monoisotopic (exact) mass is 251 g/mol. The summed E-state index contributed by atoms with van der Waals surface area (Å²) >= 11 is 0. The highest BCUT2D eigenvalue weighted by Crippen LogP contribution is 2.11. The normalized spacial score (nSPS) is 12.4. The van der Waals surface area contributed by atoms with Gasteiger partial charge < -0.3 is 15.5 Å². The van der Waals surface area contributed by atoms with Crippen molar-refractivity contribution in [1.82, 2.24) is 5.32 Å². The molecule has 18 heavy (non-hydrogen) atoms. The van der Waals surface area contributed by atoms with Gasteiger partial charge in [0.15, 0.2) is 0 Å². The fourth-order valence-corrected chi connectivity index (χ4v) is 1.88. The van der Waals surface area contributed by atoms with Gasteiger partial charge in [-0.05, 0) is 30.0 Å². The maximum Gasteiger partial charge on any atom is 0.224 e. The first kappa shape index (κ1) is 14.5. The van der Waals surface area contributed by atoms with E-state index in [2.05, 4.69) is 5.32 Å². The fourth-order valence-electron chi connectivity index (χ4n) is 1.88. The molecule has 4 nitrogen and oxygen atoms in total. The highest BCUT2D eigenvalue weighted by atomic mass is 16.3. The molecular formula is C14H21NO3. The van der Waals surface area contributed by atoms with Crippen LogP contribution in [-0.4, -0.2) is 28.8 Å². The topological polar surface area (TPSA) is 69.6 Å². The summed E-state index contributed by atoms with van der Waals surface area (Å²) in [6.07, 6.45) is 0.964. The van der Waals surface area contributed by atoms with E-state index in [9.17, 15) is 15.0 Å². The lowest BCUT2D eigenvalue weighted by Crippen LogP contribution is -2.39. The second-order valence-electron chi connectivity index (χ2n) is 4.92. The summed E-state index contributed by atoms with van der Waals surface area (Å²) in [5.41, 5.74) is 0.758. The zero-order valence-electron chi connectivity index (χ0n) is 10.9. The molecule has 0 spiro atoms. The lowest BCUT2D eigenvalue weighted by Gasteiger charge is -2.18. The molecule has 0 aliphatic carbocycles. The lowest BCUT2D eigenvalue weighted by atomic mass is 10.0. The number of aromatic hydroxyl groups is 1. The molecule has 100 valence electrons. The van der Waals surface area contributed by atoms with Crippen LogP contribution in [0.5, 0.6) is 5.75 Å². The minimum absolute atomic E-state index is 0.0516. The Morgan fingerprint density at radius 2 is 2.11 bits per heavy atom. The van der Waals surface area contributed by atoms with Crippen molar-refractivity contribution < 1.29 is 15.0 Å². The molecule has 0 radical (unpaired) electrons. The van der Waals surface area contributed by atoms with Crippen LogP contribution in [-0.2, 0) is 11.2 Å². The van der Waals surface area contributed by atoms with Crippen LogP contribution in [0.1, 0.15) is 25.8 Å². The Morgan fingerprint density at radius 1 is 1.39 bits per heavy atom.